The predicted molar refractivity (Wildman–Crippen MR) is 94.1 cm³/mol. The molecule has 0 saturated carbocycles. The van der Waals surface area contributed by atoms with Gasteiger partial charge in [-0.2, -0.15) is 5.10 Å². The Labute approximate surface area is 141 Å². The first-order valence-electron chi connectivity index (χ1n) is 7.50. The molecule has 25 heavy (non-hydrogen) atoms. The summed E-state index contributed by atoms with van der Waals surface area (Å²) in [4.78, 5) is 19.9. The summed E-state index contributed by atoms with van der Waals surface area (Å²) in [7, 11) is 0. The van der Waals surface area contributed by atoms with Gasteiger partial charge in [-0.15, -0.1) is 0 Å². The molecule has 0 saturated heterocycles. The summed E-state index contributed by atoms with van der Waals surface area (Å²) in [6.45, 7) is 0. The normalized spacial score (nSPS) is 10.9. The van der Waals surface area contributed by atoms with Gasteiger partial charge in [0.1, 0.15) is 11.4 Å². The van der Waals surface area contributed by atoms with Gasteiger partial charge in [-0.25, -0.2) is 4.98 Å². The number of aromatic amines is 2. The average Bonchev–Trinajstić information content (AvgIpc) is 3.23. The summed E-state index contributed by atoms with van der Waals surface area (Å²) in [5.41, 5.74) is 8.47. The number of anilines is 2. The fraction of sp³-hybridized carbons (Fsp3) is 0. The van der Waals surface area contributed by atoms with Gasteiger partial charge in [0.05, 0.1) is 16.7 Å². The number of fused-ring (bicyclic) bond motifs is 1. The second-order valence-electron chi connectivity index (χ2n) is 5.50. The fourth-order valence-electron chi connectivity index (χ4n) is 2.47. The molecular weight excluding hydrogens is 320 g/mol. The quantitative estimate of drug-likeness (QED) is 0.290. The van der Waals surface area contributed by atoms with Crippen molar-refractivity contribution in [3.8, 4) is 17.3 Å². The van der Waals surface area contributed by atoms with Gasteiger partial charge in [0, 0.05) is 11.6 Å². The van der Waals surface area contributed by atoms with Gasteiger partial charge in [-0.3, -0.25) is 9.89 Å². The molecule has 0 aliphatic carbocycles. The Balaban J connectivity index is 1.56. The van der Waals surface area contributed by atoms with Gasteiger partial charge in [0.25, 0.3) is 5.91 Å². The second kappa shape index (κ2) is 5.68. The van der Waals surface area contributed by atoms with Gasteiger partial charge < -0.3 is 21.1 Å². The van der Waals surface area contributed by atoms with E-state index in [1.807, 2.05) is 24.3 Å². The molecule has 0 spiro atoms. The Hall–Kier alpha value is -3.81. The summed E-state index contributed by atoms with van der Waals surface area (Å²) in [5.74, 6) is 0.535. The molecule has 8 heteroatoms. The number of phenolic OH excluding ortho intramolecular Hbond substituents is 1. The van der Waals surface area contributed by atoms with E-state index in [-0.39, 0.29) is 17.3 Å². The minimum Gasteiger partial charge on any atom is -0.506 e. The molecule has 2 aromatic heterocycles. The molecule has 0 aliphatic rings. The Morgan fingerprint density at radius 1 is 1.16 bits per heavy atom. The molecule has 0 bridgehead atoms. The maximum absolute atomic E-state index is 12.2. The van der Waals surface area contributed by atoms with Crippen LogP contribution in [0.3, 0.4) is 0 Å². The zero-order valence-corrected chi connectivity index (χ0v) is 12.9. The summed E-state index contributed by atoms with van der Waals surface area (Å²) in [5, 5.41) is 19.0. The van der Waals surface area contributed by atoms with Gasteiger partial charge >= 0.3 is 0 Å². The zero-order valence-electron chi connectivity index (χ0n) is 12.9. The number of aromatic hydroxyl groups is 1. The van der Waals surface area contributed by atoms with E-state index < -0.39 is 0 Å². The van der Waals surface area contributed by atoms with E-state index >= 15 is 0 Å². The summed E-state index contributed by atoms with van der Waals surface area (Å²) in [6, 6.07) is 13.6. The minimum absolute atomic E-state index is 0.0662. The number of para-hydroxylation sites is 2. The highest BCUT2D eigenvalue weighted by atomic mass is 16.3. The first-order chi connectivity index (χ1) is 12.1. The van der Waals surface area contributed by atoms with E-state index in [2.05, 4.69) is 25.5 Å². The highest BCUT2D eigenvalue weighted by Gasteiger charge is 2.12. The van der Waals surface area contributed by atoms with E-state index in [1.165, 1.54) is 18.2 Å². The van der Waals surface area contributed by atoms with E-state index in [9.17, 15) is 9.90 Å². The number of H-pyrrole nitrogens is 2. The van der Waals surface area contributed by atoms with Crippen LogP contribution in [-0.2, 0) is 0 Å². The van der Waals surface area contributed by atoms with Crippen molar-refractivity contribution in [2.75, 3.05) is 11.1 Å². The number of aromatic nitrogens is 4. The molecule has 4 aromatic rings. The number of hydrogen-bond donors (Lipinski definition) is 5. The smallest absolute Gasteiger partial charge is 0.256 e. The standard InChI is InChI=1S/C17H14N6O2/c18-10-7-9(5-6-14(10)24)17(25)21-15-8-13(22-23-15)16-19-11-3-1-2-4-12(11)20-16/h1-8,24H,18H2,(H,19,20)(H2,21,22,23,25). The lowest BCUT2D eigenvalue weighted by molar-refractivity contribution is 0.102. The number of carbonyl (C=O) groups is 1. The van der Waals surface area contributed by atoms with Crippen molar-refractivity contribution in [1.82, 2.24) is 20.2 Å². The molecule has 1 amide bonds. The number of nitrogens with zero attached hydrogens (tertiary/aromatic N) is 2. The summed E-state index contributed by atoms with van der Waals surface area (Å²) < 4.78 is 0. The maximum atomic E-state index is 12.2. The molecule has 0 radical (unpaired) electrons. The van der Waals surface area contributed by atoms with E-state index in [4.69, 9.17) is 5.73 Å². The lowest BCUT2D eigenvalue weighted by Gasteiger charge is -2.04. The number of hydrogen-bond acceptors (Lipinski definition) is 5. The van der Waals surface area contributed by atoms with E-state index in [0.29, 0.717) is 22.9 Å². The van der Waals surface area contributed by atoms with Crippen LogP contribution < -0.4 is 11.1 Å². The third-order valence-corrected chi connectivity index (χ3v) is 3.75. The number of rotatable bonds is 3. The van der Waals surface area contributed by atoms with Crippen molar-refractivity contribution in [2.45, 2.75) is 0 Å². The van der Waals surface area contributed by atoms with Crippen molar-refractivity contribution in [3.05, 3.63) is 54.1 Å². The molecule has 2 heterocycles. The van der Waals surface area contributed by atoms with Gasteiger partial charge in [-0.1, -0.05) is 12.1 Å². The molecule has 6 N–H and O–H groups in total. The fourth-order valence-corrected chi connectivity index (χ4v) is 2.47. The number of imidazole rings is 1. The number of nitrogen functional groups attached to an aromatic ring is 1. The topological polar surface area (TPSA) is 133 Å². The zero-order chi connectivity index (χ0) is 17.4. The van der Waals surface area contributed by atoms with Gasteiger partial charge in [0.15, 0.2) is 11.6 Å². The summed E-state index contributed by atoms with van der Waals surface area (Å²) >= 11 is 0. The molecule has 0 unspecified atom stereocenters. The van der Waals surface area contributed by atoms with Crippen molar-refractivity contribution in [2.24, 2.45) is 0 Å². The molecule has 8 nitrogen and oxygen atoms in total. The van der Waals surface area contributed by atoms with Crippen LogP contribution in [0.1, 0.15) is 10.4 Å². The van der Waals surface area contributed by atoms with Crippen LogP contribution in [0.15, 0.2) is 48.5 Å². The van der Waals surface area contributed by atoms with Gasteiger partial charge in [0.2, 0.25) is 0 Å². The summed E-state index contributed by atoms with van der Waals surface area (Å²) in [6.07, 6.45) is 0. The minimum atomic E-state index is -0.380. The molecule has 124 valence electrons. The van der Waals surface area contributed by atoms with Crippen molar-refractivity contribution in [1.29, 1.82) is 0 Å². The van der Waals surface area contributed by atoms with Gasteiger partial charge in [-0.05, 0) is 30.3 Å². The maximum Gasteiger partial charge on any atom is 0.256 e. The number of carbonyl (C=O) groups excluding carboxylic acids is 1. The molecule has 4 rings (SSSR count). The van der Waals surface area contributed by atoms with E-state index in [0.717, 1.165) is 11.0 Å². The Morgan fingerprint density at radius 3 is 2.80 bits per heavy atom. The third-order valence-electron chi connectivity index (χ3n) is 3.75. The Kier molecular flexibility index (Phi) is 3.35. The molecule has 2 aromatic carbocycles. The van der Waals surface area contributed by atoms with Crippen molar-refractivity contribution >= 4 is 28.4 Å². The highest BCUT2D eigenvalue weighted by Crippen LogP contribution is 2.23. The third kappa shape index (κ3) is 2.76. The van der Waals surface area contributed by atoms with Crippen molar-refractivity contribution in [3.63, 3.8) is 0 Å². The largest absolute Gasteiger partial charge is 0.506 e. The number of nitrogens with one attached hydrogen (secondary N) is 3. The van der Waals surface area contributed by atoms with Crippen LogP contribution in [0.5, 0.6) is 5.75 Å². The molecule has 0 aliphatic heterocycles. The number of benzene rings is 2. The van der Waals surface area contributed by atoms with Crippen LogP contribution in [0.4, 0.5) is 11.5 Å². The predicted octanol–water partition coefficient (Wildman–Crippen LogP) is 2.49. The lowest BCUT2D eigenvalue weighted by atomic mass is 10.2. The second-order valence-corrected chi connectivity index (χ2v) is 5.50. The molecule has 0 atom stereocenters. The van der Waals surface area contributed by atoms with Crippen LogP contribution >= 0.6 is 0 Å². The van der Waals surface area contributed by atoms with Crippen molar-refractivity contribution < 1.29 is 9.90 Å². The lowest BCUT2D eigenvalue weighted by Crippen LogP contribution is -2.12. The van der Waals surface area contributed by atoms with Crippen LogP contribution in [0.2, 0.25) is 0 Å². The van der Waals surface area contributed by atoms with Crippen LogP contribution in [-0.4, -0.2) is 31.2 Å². The first-order valence-corrected chi connectivity index (χ1v) is 7.50. The highest BCUT2D eigenvalue weighted by molar-refractivity contribution is 6.04. The number of phenols is 1. The Morgan fingerprint density at radius 2 is 2.00 bits per heavy atom. The molecule has 0 fully saturated rings. The molecular formula is C17H14N6O2. The number of nitrogens with two attached hydrogens (primary N) is 1. The average molecular weight is 334 g/mol. The first kappa shape index (κ1) is 14.8. The number of amides is 1. The van der Waals surface area contributed by atoms with E-state index in [1.54, 1.807) is 6.07 Å². The Bertz CT molecular complexity index is 1050. The van der Waals surface area contributed by atoms with Crippen LogP contribution in [0.25, 0.3) is 22.6 Å². The monoisotopic (exact) mass is 334 g/mol. The van der Waals surface area contributed by atoms with Crippen LogP contribution in [0, 0.1) is 0 Å². The SMILES string of the molecule is Nc1cc(C(=O)Nc2cc(-c3nc4ccccc4[nH]3)[nH]n2)ccc1O.